The summed E-state index contributed by atoms with van der Waals surface area (Å²) in [5.41, 5.74) is 1.68. The Bertz CT molecular complexity index is 765. The maximum atomic E-state index is 12.2. The Hall–Kier alpha value is -1.14. The highest BCUT2D eigenvalue weighted by molar-refractivity contribution is 7.14. The largest absolute Gasteiger partial charge is 0.297 e. The van der Waals surface area contributed by atoms with Crippen molar-refractivity contribution in [2.24, 2.45) is 5.92 Å². The number of hydrogen-bond acceptors (Lipinski definition) is 4. The molecule has 3 rings (SSSR count). The monoisotopic (exact) mass is 397 g/mol. The quantitative estimate of drug-likeness (QED) is 0.695. The molecule has 0 spiro atoms. The number of carbonyl (C=O) groups excluding carboxylic acids is 1. The van der Waals surface area contributed by atoms with E-state index in [1.807, 2.05) is 5.38 Å². The number of thiazole rings is 1. The minimum absolute atomic E-state index is 0.106. The maximum Gasteiger partial charge on any atom is 0.230 e. The first-order chi connectivity index (χ1) is 11.9. The highest BCUT2D eigenvalue weighted by Crippen LogP contribution is 2.33. The van der Waals surface area contributed by atoms with Gasteiger partial charge in [0.2, 0.25) is 5.91 Å². The first-order valence-corrected chi connectivity index (χ1v) is 10.00. The molecule has 0 saturated carbocycles. The molecular formula is C18H21Cl2N3OS. The zero-order valence-corrected chi connectivity index (χ0v) is 16.7. The van der Waals surface area contributed by atoms with Crippen LogP contribution < -0.4 is 4.90 Å². The predicted octanol–water partition coefficient (Wildman–Crippen LogP) is 5.37. The number of halogens is 2. The van der Waals surface area contributed by atoms with Crippen LogP contribution in [0, 0.1) is 5.92 Å². The summed E-state index contributed by atoms with van der Waals surface area (Å²) in [6.45, 7) is 6.86. The molecule has 7 heteroatoms. The zero-order chi connectivity index (χ0) is 18.0. The normalized spacial score (nSPS) is 18.3. The molecule has 1 saturated heterocycles. The summed E-state index contributed by atoms with van der Waals surface area (Å²) in [5.74, 6) is 0.627. The van der Waals surface area contributed by atoms with Gasteiger partial charge in [0.25, 0.3) is 0 Å². The topological polar surface area (TPSA) is 36.4 Å². The molecular weight excluding hydrogens is 377 g/mol. The second kappa shape index (κ2) is 8.04. The van der Waals surface area contributed by atoms with Crippen molar-refractivity contribution in [1.29, 1.82) is 0 Å². The van der Waals surface area contributed by atoms with Crippen molar-refractivity contribution in [2.75, 3.05) is 18.0 Å². The lowest BCUT2D eigenvalue weighted by atomic mass is 10.0. The van der Waals surface area contributed by atoms with Gasteiger partial charge in [-0.1, -0.05) is 30.1 Å². The summed E-state index contributed by atoms with van der Waals surface area (Å²) < 4.78 is 0. The number of benzene rings is 1. The Morgan fingerprint density at radius 1 is 1.40 bits per heavy atom. The number of hydrogen-bond donors (Lipinski definition) is 0. The van der Waals surface area contributed by atoms with Crippen LogP contribution in [-0.4, -0.2) is 28.9 Å². The highest BCUT2D eigenvalue weighted by Gasteiger charge is 2.21. The van der Waals surface area contributed by atoms with E-state index in [-0.39, 0.29) is 5.91 Å². The van der Waals surface area contributed by atoms with E-state index in [4.69, 9.17) is 23.2 Å². The average Bonchev–Trinajstić information content (AvgIpc) is 2.98. The maximum absolute atomic E-state index is 12.2. The summed E-state index contributed by atoms with van der Waals surface area (Å²) >= 11 is 13.6. The van der Waals surface area contributed by atoms with E-state index in [1.54, 1.807) is 23.1 Å². The number of anilines is 2. The Balaban J connectivity index is 1.80. The van der Waals surface area contributed by atoms with Crippen molar-refractivity contribution in [3.8, 4) is 0 Å². The van der Waals surface area contributed by atoms with Crippen LogP contribution in [0.3, 0.4) is 0 Å². The second-order valence-corrected chi connectivity index (χ2v) is 8.21. The molecule has 0 N–H and O–H groups in total. The lowest BCUT2D eigenvalue weighted by molar-refractivity contribution is -0.115. The molecule has 1 fully saturated rings. The SMILES string of the molecule is CC(=O)N(c1ccc(Cl)c(Cl)c1)c1nc(CN2CCC[C@H](C)C2)cs1. The fourth-order valence-corrected chi connectivity index (χ4v) is 4.35. The highest BCUT2D eigenvalue weighted by atomic mass is 35.5. The van der Waals surface area contributed by atoms with E-state index in [0.29, 0.717) is 20.9 Å². The van der Waals surface area contributed by atoms with Gasteiger partial charge in [-0.05, 0) is 43.5 Å². The van der Waals surface area contributed by atoms with Gasteiger partial charge in [0.1, 0.15) is 0 Å². The van der Waals surface area contributed by atoms with E-state index >= 15 is 0 Å². The molecule has 1 aromatic carbocycles. The Kier molecular flexibility index (Phi) is 6.00. The summed E-state index contributed by atoms with van der Waals surface area (Å²) in [5, 5.41) is 3.57. The number of nitrogens with zero attached hydrogens (tertiary/aromatic N) is 3. The van der Waals surface area contributed by atoms with Crippen LogP contribution in [0.15, 0.2) is 23.6 Å². The van der Waals surface area contributed by atoms with Crippen molar-refractivity contribution in [3.63, 3.8) is 0 Å². The van der Waals surface area contributed by atoms with Crippen LogP contribution in [0.25, 0.3) is 0 Å². The van der Waals surface area contributed by atoms with Gasteiger partial charge in [-0.15, -0.1) is 11.3 Å². The van der Waals surface area contributed by atoms with Gasteiger partial charge in [-0.25, -0.2) is 4.98 Å². The second-order valence-electron chi connectivity index (χ2n) is 6.56. The van der Waals surface area contributed by atoms with Gasteiger partial charge in [-0.3, -0.25) is 14.6 Å². The molecule has 1 atom stereocenters. The fourth-order valence-electron chi connectivity index (χ4n) is 3.18. The third-order valence-corrected chi connectivity index (χ3v) is 5.95. The van der Waals surface area contributed by atoms with E-state index in [2.05, 4.69) is 16.8 Å². The number of amides is 1. The molecule has 134 valence electrons. The molecule has 2 aromatic rings. The number of rotatable bonds is 4. The standard InChI is InChI=1S/C18H21Cl2N3OS/c1-12-4-3-7-22(9-12)10-14-11-25-18(21-14)23(13(2)24)15-5-6-16(19)17(20)8-15/h5-6,8,11-12H,3-4,7,9-10H2,1-2H3/t12-/m0/s1. The molecule has 0 radical (unpaired) electrons. The van der Waals surface area contributed by atoms with E-state index < -0.39 is 0 Å². The van der Waals surface area contributed by atoms with Crippen molar-refractivity contribution < 1.29 is 4.79 Å². The van der Waals surface area contributed by atoms with Gasteiger partial charge in [0, 0.05) is 25.4 Å². The molecule has 0 bridgehead atoms. The smallest absolute Gasteiger partial charge is 0.230 e. The lowest BCUT2D eigenvalue weighted by Crippen LogP contribution is -2.33. The third kappa shape index (κ3) is 4.53. The number of likely N-dealkylation sites (tertiary alicyclic amines) is 1. The van der Waals surface area contributed by atoms with Crippen LogP contribution in [0.4, 0.5) is 10.8 Å². The van der Waals surface area contributed by atoms with Gasteiger partial charge < -0.3 is 0 Å². The van der Waals surface area contributed by atoms with Crippen LogP contribution in [0.2, 0.25) is 10.0 Å². The lowest BCUT2D eigenvalue weighted by Gasteiger charge is -2.30. The van der Waals surface area contributed by atoms with E-state index in [9.17, 15) is 4.79 Å². The molecule has 2 heterocycles. The van der Waals surface area contributed by atoms with Crippen LogP contribution in [0.5, 0.6) is 0 Å². The van der Waals surface area contributed by atoms with Crippen LogP contribution in [-0.2, 0) is 11.3 Å². The molecule has 25 heavy (non-hydrogen) atoms. The third-order valence-electron chi connectivity index (χ3n) is 4.33. The number of carbonyl (C=O) groups is 1. The molecule has 1 aliphatic heterocycles. The fraction of sp³-hybridized carbons (Fsp3) is 0.444. The van der Waals surface area contributed by atoms with Gasteiger partial charge in [0.15, 0.2) is 5.13 Å². The molecule has 0 aliphatic carbocycles. The Morgan fingerprint density at radius 2 is 2.20 bits per heavy atom. The molecule has 1 aromatic heterocycles. The van der Waals surface area contributed by atoms with E-state index in [0.717, 1.165) is 31.2 Å². The van der Waals surface area contributed by atoms with Crippen molar-refractivity contribution >= 4 is 51.3 Å². The van der Waals surface area contributed by atoms with Gasteiger partial charge >= 0.3 is 0 Å². The van der Waals surface area contributed by atoms with Crippen molar-refractivity contribution in [2.45, 2.75) is 33.2 Å². The molecule has 4 nitrogen and oxygen atoms in total. The number of piperidine rings is 1. The van der Waals surface area contributed by atoms with Gasteiger partial charge in [0.05, 0.1) is 21.4 Å². The first kappa shape index (κ1) is 18.6. The average molecular weight is 398 g/mol. The minimum Gasteiger partial charge on any atom is -0.297 e. The Labute approximate surface area is 162 Å². The predicted molar refractivity (Wildman–Crippen MR) is 105 cm³/mol. The summed E-state index contributed by atoms with van der Waals surface area (Å²) in [7, 11) is 0. The van der Waals surface area contributed by atoms with Crippen molar-refractivity contribution in [1.82, 2.24) is 9.88 Å². The minimum atomic E-state index is -0.106. The van der Waals surface area contributed by atoms with Crippen LogP contribution in [0.1, 0.15) is 32.4 Å². The first-order valence-electron chi connectivity index (χ1n) is 8.36. The Morgan fingerprint density at radius 3 is 2.88 bits per heavy atom. The summed E-state index contributed by atoms with van der Waals surface area (Å²) in [6.07, 6.45) is 2.54. The number of aromatic nitrogens is 1. The van der Waals surface area contributed by atoms with Gasteiger partial charge in [-0.2, -0.15) is 0 Å². The molecule has 1 aliphatic rings. The summed E-state index contributed by atoms with van der Waals surface area (Å²) in [4.78, 5) is 20.9. The van der Waals surface area contributed by atoms with Crippen molar-refractivity contribution in [3.05, 3.63) is 39.3 Å². The zero-order valence-electron chi connectivity index (χ0n) is 14.3. The van der Waals surface area contributed by atoms with E-state index in [1.165, 1.54) is 31.1 Å². The van der Waals surface area contributed by atoms with Crippen LogP contribution >= 0.6 is 34.5 Å². The molecule has 0 unspecified atom stereocenters. The molecule has 1 amide bonds. The summed E-state index contributed by atoms with van der Waals surface area (Å²) in [6, 6.07) is 5.17.